The van der Waals surface area contributed by atoms with E-state index >= 15 is 0 Å². The summed E-state index contributed by atoms with van der Waals surface area (Å²) >= 11 is 0. The minimum atomic E-state index is -0.990. The number of carbonyl (C=O) groups is 2. The number of amides is 1. The summed E-state index contributed by atoms with van der Waals surface area (Å²) < 4.78 is 20.1. The first-order chi connectivity index (χ1) is 14.4. The molecule has 2 aromatic carbocycles. The Labute approximate surface area is 174 Å². The van der Waals surface area contributed by atoms with Gasteiger partial charge in [0.15, 0.2) is 6.04 Å². The lowest BCUT2D eigenvalue weighted by Gasteiger charge is -2.18. The maximum Gasteiger partial charge on any atom is 0.333 e. The van der Waals surface area contributed by atoms with E-state index < -0.39 is 12.0 Å². The fraction of sp³-hybridized carbons (Fsp3) is 0.261. The maximum absolute atomic E-state index is 13.3. The van der Waals surface area contributed by atoms with Crippen LogP contribution < -0.4 is 5.32 Å². The first-order valence-corrected chi connectivity index (χ1v) is 9.72. The van der Waals surface area contributed by atoms with Crippen LogP contribution in [-0.4, -0.2) is 28.3 Å². The number of aromatic nitrogens is 2. The number of carbonyl (C=O) groups excluding carboxylic acids is 2. The second-order valence-electron chi connectivity index (χ2n) is 6.89. The Balaban J connectivity index is 1.93. The van der Waals surface area contributed by atoms with Gasteiger partial charge in [0.25, 0.3) is 0 Å². The Morgan fingerprint density at radius 3 is 2.40 bits per heavy atom. The second kappa shape index (κ2) is 9.35. The molecule has 0 unspecified atom stereocenters. The van der Waals surface area contributed by atoms with Gasteiger partial charge in [0, 0.05) is 11.3 Å². The molecule has 0 radical (unpaired) electrons. The van der Waals surface area contributed by atoms with Gasteiger partial charge in [0.2, 0.25) is 5.91 Å². The first kappa shape index (κ1) is 21.2. The van der Waals surface area contributed by atoms with Gasteiger partial charge < -0.3 is 10.1 Å². The molecule has 1 aromatic heterocycles. The van der Waals surface area contributed by atoms with Crippen molar-refractivity contribution in [3.8, 4) is 5.69 Å². The summed E-state index contributed by atoms with van der Waals surface area (Å²) in [5.74, 6) is -1.20. The molecule has 1 atom stereocenters. The third-order valence-corrected chi connectivity index (χ3v) is 4.74. The van der Waals surface area contributed by atoms with Gasteiger partial charge in [-0.3, -0.25) is 4.79 Å². The first-order valence-electron chi connectivity index (χ1n) is 9.72. The van der Waals surface area contributed by atoms with Crippen LogP contribution in [0.5, 0.6) is 0 Å². The highest BCUT2D eigenvalue weighted by atomic mass is 19.1. The minimum absolute atomic E-state index is 0.140. The smallest absolute Gasteiger partial charge is 0.333 e. The van der Waals surface area contributed by atoms with Crippen LogP contribution in [0.3, 0.4) is 0 Å². The fourth-order valence-electron chi connectivity index (χ4n) is 3.37. The fourth-order valence-corrected chi connectivity index (χ4v) is 3.37. The van der Waals surface area contributed by atoms with E-state index in [0.717, 1.165) is 5.56 Å². The third kappa shape index (κ3) is 4.74. The lowest BCUT2D eigenvalue weighted by atomic mass is 10.0. The standard InChI is InChI=1S/C23H24FN3O3/c1-4-30-23(29)22(25-20(28)14-17-8-6-5-7-9-17)21-15(2)26-27(16(21)3)19-12-10-18(24)11-13-19/h5-13,22H,4,14H2,1-3H3,(H,25,28)/t22-/m1/s1. The molecule has 1 heterocycles. The molecule has 1 N–H and O–H groups in total. The Bertz CT molecular complexity index is 1030. The van der Waals surface area contributed by atoms with E-state index in [9.17, 15) is 14.0 Å². The number of esters is 1. The lowest BCUT2D eigenvalue weighted by Crippen LogP contribution is -2.36. The summed E-state index contributed by atoms with van der Waals surface area (Å²) in [5, 5.41) is 7.30. The Morgan fingerprint density at radius 1 is 1.10 bits per heavy atom. The molecule has 156 valence electrons. The highest BCUT2D eigenvalue weighted by Crippen LogP contribution is 2.26. The average molecular weight is 409 g/mol. The SMILES string of the molecule is CCOC(=O)[C@H](NC(=O)Cc1ccccc1)c1c(C)nn(-c2ccc(F)cc2)c1C. The molecule has 0 bridgehead atoms. The predicted molar refractivity (Wildman–Crippen MR) is 111 cm³/mol. The van der Waals surface area contributed by atoms with Crippen LogP contribution in [0.2, 0.25) is 0 Å². The minimum Gasteiger partial charge on any atom is -0.464 e. The Hall–Kier alpha value is -3.48. The molecule has 0 aliphatic rings. The lowest BCUT2D eigenvalue weighted by molar-refractivity contribution is -0.147. The van der Waals surface area contributed by atoms with Crippen LogP contribution in [-0.2, 0) is 20.7 Å². The van der Waals surface area contributed by atoms with Crippen LogP contribution in [0.4, 0.5) is 4.39 Å². The van der Waals surface area contributed by atoms with Crippen LogP contribution in [0, 0.1) is 19.7 Å². The number of benzene rings is 2. The molecule has 3 rings (SSSR count). The predicted octanol–water partition coefficient (Wildman–Crippen LogP) is 3.59. The monoisotopic (exact) mass is 409 g/mol. The van der Waals surface area contributed by atoms with E-state index in [1.807, 2.05) is 30.3 Å². The molecular formula is C23H24FN3O3. The number of ether oxygens (including phenoxy) is 1. The maximum atomic E-state index is 13.3. The van der Waals surface area contributed by atoms with Gasteiger partial charge in [-0.2, -0.15) is 5.10 Å². The van der Waals surface area contributed by atoms with Crippen molar-refractivity contribution in [1.29, 1.82) is 0 Å². The molecule has 6 nitrogen and oxygen atoms in total. The van der Waals surface area contributed by atoms with Crippen molar-refractivity contribution in [2.24, 2.45) is 0 Å². The summed E-state index contributed by atoms with van der Waals surface area (Å²) in [5.41, 5.74) is 3.31. The average Bonchev–Trinajstić information content (AvgIpc) is 3.01. The number of nitrogens with zero attached hydrogens (tertiary/aromatic N) is 2. The highest BCUT2D eigenvalue weighted by Gasteiger charge is 2.30. The van der Waals surface area contributed by atoms with E-state index in [0.29, 0.717) is 22.6 Å². The number of nitrogens with one attached hydrogen (secondary N) is 1. The normalized spacial score (nSPS) is 11.7. The van der Waals surface area contributed by atoms with Crippen molar-refractivity contribution in [2.75, 3.05) is 6.61 Å². The van der Waals surface area contributed by atoms with Crippen molar-refractivity contribution in [3.05, 3.63) is 82.9 Å². The zero-order valence-corrected chi connectivity index (χ0v) is 17.2. The van der Waals surface area contributed by atoms with E-state index in [1.165, 1.54) is 12.1 Å². The molecule has 7 heteroatoms. The van der Waals surface area contributed by atoms with E-state index in [4.69, 9.17) is 4.74 Å². The van der Waals surface area contributed by atoms with Crippen LogP contribution in [0.15, 0.2) is 54.6 Å². The Kier molecular flexibility index (Phi) is 6.61. The number of hydrogen-bond acceptors (Lipinski definition) is 4. The quantitative estimate of drug-likeness (QED) is 0.606. The zero-order chi connectivity index (χ0) is 21.7. The summed E-state index contributed by atoms with van der Waals surface area (Å²) in [6.45, 7) is 5.46. The van der Waals surface area contributed by atoms with Crippen molar-refractivity contribution in [3.63, 3.8) is 0 Å². The van der Waals surface area contributed by atoms with Crippen LogP contribution in [0.25, 0.3) is 5.69 Å². The van der Waals surface area contributed by atoms with Gasteiger partial charge in [0.1, 0.15) is 5.82 Å². The molecule has 0 spiro atoms. The molecule has 1 amide bonds. The number of hydrogen-bond donors (Lipinski definition) is 1. The van der Waals surface area contributed by atoms with Crippen molar-refractivity contribution in [2.45, 2.75) is 33.2 Å². The summed E-state index contributed by atoms with van der Waals surface area (Å²) in [6, 6.07) is 14.2. The molecular weight excluding hydrogens is 385 g/mol. The van der Waals surface area contributed by atoms with E-state index in [1.54, 1.807) is 37.6 Å². The molecule has 3 aromatic rings. The van der Waals surface area contributed by atoms with Gasteiger partial charge in [-0.25, -0.2) is 13.9 Å². The van der Waals surface area contributed by atoms with E-state index in [2.05, 4.69) is 10.4 Å². The van der Waals surface area contributed by atoms with E-state index in [-0.39, 0.29) is 24.8 Å². The summed E-state index contributed by atoms with van der Waals surface area (Å²) in [6.07, 6.45) is 0.140. The van der Waals surface area contributed by atoms with Gasteiger partial charge in [-0.1, -0.05) is 30.3 Å². The van der Waals surface area contributed by atoms with Crippen LogP contribution in [0.1, 0.15) is 35.5 Å². The molecule has 0 fully saturated rings. The largest absolute Gasteiger partial charge is 0.464 e. The number of aryl methyl sites for hydroxylation is 1. The number of rotatable bonds is 7. The molecule has 0 saturated carbocycles. The van der Waals surface area contributed by atoms with Gasteiger partial charge in [-0.15, -0.1) is 0 Å². The molecule has 0 aliphatic heterocycles. The molecule has 0 saturated heterocycles. The van der Waals surface area contributed by atoms with Crippen molar-refractivity contribution in [1.82, 2.24) is 15.1 Å². The highest BCUT2D eigenvalue weighted by molar-refractivity contribution is 5.87. The van der Waals surface area contributed by atoms with Gasteiger partial charge in [-0.05, 0) is 50.6 Å². The summed E-state index contributed by atoms with van der Waals surface area (Å²) in [7, 11) is 0. The van der Waals surface area contributed by atoms with Crippen molar-refractivity contribution < 1.29 is 18.7 Å². The third-order valence-electron chi connectivity index (χ3n) is 4.74. The topological polar surface area (TPSA) is 73.2 Å². The molecule has 0 aliphatic carbocycles. The summed E-state index contributed by atoms with van der Waals surface area (Å²) in [4.78, 5) is 25.4. The Morgan fingerprint density at radius 2 is 1.77 bits per heavy atom. The second-order valence-corrected chi connectivity index (χ2v) is 6.89. The van der Waals surface area contributed by atoms with Gasteiger partial charge >= 0.3 is 5.97 Å². The zero-order valence-electron chi connectivity index (χ0n) is 17.2. The van der Waals surface area contributed by atoms with Gasteiger partial charge in [0.05, 0.1) is 24.4 Å². The number of halogens is 1. The molecule has 30 heavy (non-hydrogen) atoms. The van der Waals surface area contributed by atoms with Crippen LogP contribution >= 0.6 is 0 Å². The van der Waals surface area contributed by atoms with Crippen molar-refractivity contribution >= 4 is 11.9 Å².